The minimum atomic E-state index is -3.37. The van der Waals surface area contributed by atoms with Crippen molar-refractivity contribution in [1.29, 1.82) is 0 Å². The number of methoxy groups -OCH3 is 1. The zero-order chi connectivity index (χ0) is 21.6. The van der Waals surface area contributed by atoms with Crippen LogP contribution in [0.25, 0.3) is 0 Å². The van der Waals surface area contributed by atoms with Crippen LogP contribution in [0.2, 0.25) is 0 Å². The molecule has 0 N–H and O–H groups in total. The molecule has 9 heteroatoms. The Hall–Kier alpha value is -2.65. The van der Waals surface area contributed by atoms with Crippen molar-refractivity contribution in [1.82, 2.24) is 9.88 Å². The highest BCUT2D eigenvalue weighted by Gasteiger charge is 2.22. The monoisotopic (exact) mass is 433 g/mol. The van der Waals surface area contributed by atoms with Crippen molar-refractivity contribution in [2.75, 3.05) is 57.1 Å². The highest BCUT2D eigenvalue weighted by atomic mass is 32.2. The average Bonchev–Trinajstić information content (AvgIpc) is 2.78. The van der Waals surface area contributed by atoms with E-state index in [9.17, 15) is 13.2 Å². The lowest BCUT2D eigenvalue weighted by atomic mass is 10.2. The Kier molecular flexibility index (Phi) is 7.28. The summed E-state index contributed by atoms with van der Waals surface area (Å²) in [6.07, 6.45) is 1.53. The fraction of sp³-hybridized carbons (Fsp3) is 0.429. The molecule has 30 heavy (non-hydrogen) atoms. The van der Waals surface area contributed by atoms with Gasteiger partial charge in [0.1, 0.15) is 11.6 Å². The van der Waals surface area contributed by atoms with Gasteiger partial charge in [0.15, 0.2) is 9.84 Å². The molecular weight excluding hydrogens is 406 g/mol. The third-order valence-electron chi connectivity index (χ3n) is 5.03. The molecule has 0 bridgehead atoms. The first-order valence-electron chi connectivity index (χ1n) is 9.90. The van der Waals surface area contributed by atoms with Gasteiger partial charge in [-0.3, -0.25) is 4.90 Å². The number of carbonyl (C=O) groups excluding carboxylic acids is 1. The van der Waals surface area contributed by atoms with Gasteiger partial charge in [0.05, 0.1) is 29.9 Å². The van der Waals surface area contributed by atoms with E-state index in [4.69, 9.17) is 9.47 Å². The van der Waals surface area contributed by atoms with Gasteiger partial charge < -0.3 is 14.4 Å². The number of nitrogens with zero attached hydrogens (tertiary/aromatic N) is 3. The van der Waals surface area contributed by atoms with Crippen LogP contribution >= 0.6 is 0 Å². The van der Waals surface area contributed by atoms with E-state index in [0.29, 0.717) is 24.5 Å². The quantitative estimate of drug-likeness (QED) is 0.583. The molecule has 0 unspecified atom stereocenters. The Balaban J connectivity index is 1.51. The lowest BCUT2D eigenvalue weighted by Crippen LogP contribution is -2.47. The van der Waals surface area contributed by atoms with Gasteiger partial charge in [-0.15, -0.1) is 0 Å². The van der Waals surface area contributed by atoms with Gasteiger partial charge in [0, 0.05) is 38.9 Å². The van der Waals surface area contributed by atoms with Gasteiger partial charge in [0.2, 0.25) is 0 Å². The molecule has 1 aromatic heterocycles. The third kappa shape index (κ3) is 5.48. The molecule has 2 heterocycles. The molecule has 0 atom stereocenters. The summed E-state index contributed by atoms with van der Waals surface area (Å²) >= 11 is 0. The number of piperazine rings is 1. The smallest absolute Gasteiger partial charge is 0.339 e. The van der Waals surface area contributed by atoms with Crippen LogP contribution in [0.3, 0.4) is 0 Å². The third-order valence-corrected chi connectivity index (χ3v) is 6.72. The number of benzene rings is 1. The van der Waals surface area contributed by atoms with Crippen LogP contribution in [0.5, 0.6) is 5.75 Å². The minimum Gasteiger partial charge on any atom is -0.497 e. The maximum Gasteiger partial charge on any atom is 0.339 e. The second kappa shape index (κ2) is 9.90. The second-order valence-corrected chi connectivity index (χ2v) is 9.06. The van der Waals surface area contributed by atoms with Crippen LogP contribution in [-0.2, 0) is 14.6 Å². The standard InChI is InChI=1S/C21H27N3O5S/c1-3-29-21(25)17-7-8-20(22-16-17)24-11-9-23(10-12-24)13-14-30(26,27)19-6-4-5-18(15-19)28-2/h4-8,15-16H,3,9-14H2,1-2H3. The number of rotatable bonds is 8. The van der Waals surface area contributed by atoms with E-state index in [0.717, 1.165) is 32.0 Å². The summed E-state index contributed by atoms with van der Waals surface area (Å²) in [6, 6.07) is 10.1. The maximum absolute atomic E-state index is 12.6. The molecule has 2 aromatic rings. The van der Waals surface area contributed by atoms with E-state index < -0.39 is 9.84 Å². The molecule has 8 nitrogen and oxygen atoms in total. The second-order valence-electron chi connectivity index (χ2n) is 6.95. The number of sulfone groups is 1. The van der Waals surface area contributed by atoms with Crippen molar-refractivity contribution in [3.63, 3.8) is 0 Å². The Bertz CT molecular complexity index is 955. The van der Waals surface area contributed by atoms with E-state index in [2.05, 4.69) is 14.8 Å². The summed E-state index contributed by atoms with van der Waals surface area (Å²) in [4.78, 5) is 20.6. The first-order chi connectivity index (χ1) is 14.4. The molecule has 1 aliphatic heterocycles. The molecular formula is C21H27N3O5S. The number of esters is 1. The topological polar surface area (TPSA) is 89.0 Å². The Morgan fingerprint density at radius 1 is 1.13 bits per heavy atom. The number of hydrogen-bond donors (Lipinski definition) is 0. The van der Waals surface area contributed by atoms with E-state index in [1.165, 1.54) is 13.3 Å². The largest absolute Gasteiger partial charge is 0.497 e. The van der Waals surface area contributed by atoms with Crippen LogP contribution in [0, 0.1) is 0 Å². The van der Waals surface area contributed by atoms with Gasteiger partial charge in [-0.2, -0.15) is 0 Å². The van der Waals surface area contributed by atoms with Crippen molar-refractivity contribution in [2.24, 2.45) is 0 Å². The first-order valence-corrected chi connectivity index (χ1v) is 11.6. The van der Waals surface area contributed by atoms with Crippen molar-refractivity contribution < 1.29 is 22.7 Å². The van der Waals surface area contributed by atoms with Gasteiger partial charge in [-0.1, -0.05) is 6.07 Å². The van der Waals surface area contributed by atoms with E-state index in [1.54, 1.807) is 37.3 Å². The summed E-state index contributed by atoms with van der Waals surface area (Å²) in [5.74, 6) is 1.02. The van der Waals surface area contributed by atoms with Crippen molar-refractivity contribution in [2.45, 2.75) is 11.8 Å². The Morgan fingerprint density at radius 2 is 1.90 bits per heavy atom. The predicted molar refractivity (Wildman–Crippen MR) is 114 cm³/mol. The number of anilines is 1. The van der Waals surface area contributed by atoms with Gasteiger partial charge in [-0.05, 0) is 37.3 Å². The number of ether oxygens (including phenoxy) is 2. The highest BCUT2D eigenvalue weighted by molar-refractivity contribution is 7.91. The molecule has 162 valence electrons. The molecule has 1 aliphatic rings. The fourth-order valence-electron chi connectivity index (χ4n) is 3.27. The summed E-state index contributed by atoms with van der Waals surface area (Å²) in [6.45, 7) is 5.54. The first kappa shape index (κ1) is 22.0. The SMILES string of the molecule is CCOC(=O)c1ccc(N2CCN(CCS(=O)(=O)c3cccc(OC)c3)CC2)nc1. The molecule has 3 rings (SSSR count). The van der Waals surface area contributed by atoms with E-state index in [1.807, 2.05) is 6.07 Å². The average molecular weight is 434 g/mol. The van der Waals surface area contributed by atoms with E-state index in [-0.39, 0.29) is 16.6 Å². The molecule has 1 saturated heterocycles. The van der Waals surface area contributed by atoms with Crippen molar-refractivity contribution in [3.05, 3.63) is 48.2 Å². The van der Waals surface area contributed by atoms with Gasteiger partial charge in [0.25, 0.3) is 0 Å². The van der Waals surface area contributed by atoms with Crippen LogP contribution < -0.4 is 9.64 Å². The maximum atomic E-state index is 12.6. The van der Waals surface area contributed by atoms with Crippen molar-refractivity contribution >= 4 is 21.6 Å². The van der Waals surface area contributed by atoms with Crippen molar-refractivity contribution in [3.8, 4) is 5.75 Å². The zero-order valence-corrected chi connectivity index (χ0v) is 18.1. The molecule has 1 fully saturated rings. The highest BCUT2D eigenvalue weighted by Crippen LogP contribution is 2.19. The number of pyridine rings is 1. The summed E-state index contributed by atoms with van der Waals surface area (Å²) in [5, 5.41) is 0. The summed E-state index contributed by atoms with van der Waals surface area (Å²) < 4.78 is 35.3. The molecule has 0 aliphatic carbocycles. The zero-order valence-electron chi connectivity index (χ0n) is 17.3. The van der Waals surface area contributed by atoms with E-state index >= 15 is 0 Å². The molecule has 0 radical (unpaired) electrons. The van der Waals surface area contributed by atoms with Crippen LogP contribution in [0.15, 0.2) is 47.5 Å². The Morgan fingerprint density at radius 3 is 2.53 bits per heavy atom. The number of hydrogen-bond acceptors (Lipinski definition) is 8. The lowest BCUT2D eigenvalue weighted by Gasteiger charge is -2.35. The molecule has 1 aromatic carbocycles. The van der Waals surface area contributed by atoms with Gasteiger partial charge >= 0.3 is 5.97 Å². The molecule has 0 amide bonds. The summed E-state index contributed by atoms with van der Waals surface area (Å²) in [5.41, 5.74) is 0.432. The van der Waals surface area contributed by atoms with Crippen LogP contribution in [0.1, 0.15) is 17.3 Å². The lowest BCUT2D eigenvalue weighted by molar-refractivity contribution is 0.0526. The Labute approximate surface area is 177 Å². The minimum absolute atomic E-state index is 0.0622. The molecule has 0 saturated carbocycles. The normalized spacial score (nSPS) is 15.1. The summed E-state index contributed by atoms with van der Waals surface area (Å²) in [7, 11) is -1.85. The predicted octanol–water partition coefficient (Wildman–Crippen LogP) is 1.86. The van der Waals surface area contributed by atoms with Crippen LogP contribution in [-0.4, -0.2) is 76.5 Å². The number of aromatic nitrogens is 1. The van der Waals surface area contributed by atoms with Gasteiger partial charge in [-0.25, -0.2) is 18.2 Å². The number of carbonyl (C=O) groups is 1. The fourth-order valence-corrected chi connectivity index (χ4v) is 4.59. The van der Waals surface area contributed by atoms with Crippen LogP contribution in [0.4, 0.5) is 5.82 Å². The molecule has 0 spiro atoms.